The summed E-state index contributed by atoms with van der Waals surface area (Å²) in [6.07, 6.45) is 0.508. The Morgan fingerprint density at radius 3 is 2.37 bits per heavy atom. The third-order valence-electron chi connectivity index (χ3n) is 7.68. The van der Waals surface area contributed by atoms with Gasteiger partial charge in [0.25, 0.3) is 11.8 Å². The molecule has 0 fully saturated rings. The van der Waals surface area contributed by atoms with Gasteiger partial charge in [-0.2, -0.15) is 5.10 Å². The van der Waals surface area contributed by atoms with Crippen LogP contribution < -0.4 is 19.5 Å². The van der Waals surface area contributed by atoms with Crippen LogP contribution in [0, 0.1) is 5.82 Å². The van der Waals surface area contributed by atoms with Crippen LogP contribution in [0.3, 0.4) is 0 Å². The van der Waals surface area contributed by atoms with Crippen molar-refractivity contribution in [2.45, 2.75) is 31.1 Å². The lowest BCUT2D eigenvalue weighted by atomic mass is 10.0. The summed E-state index contributed by atoms with van der Waals surface area (Å²) in [5.41, 5.74) is 2.66. The summed E-state index contributed by atoms with van der Waals surface area (Å²) in [6.45, 7) is 2.47. The van der Waals surface area contributed by atoms with E-state index in [0.717, 1.165) is 21.8 Å². The molecule has 0 spiro atoms. The summed E-state index contributed by atoms with van der Waals surface area (Å²) in [5.74, 6) is 1.17. The Hall–Kier alpha value is -5.21. The van der Waals surface area contributed by atoms with Gasteiger partial charge in [-0.05, 0) is 72.5 Å². The third kappa shape index (κ3) is 7.76. The van der Waals surface area contributed by atoms with Crippen molar-refractivity contribution >= 4 is 40.6 Å². The first-order chi connectivity index (χ1) is 23.9. The number of amides is 2. The van der Waals surface area contributed by atoms with Gasteiger partial charge in [0.2, 0.25) is 0 Å². The van der Waals surface area contributed by atoms with E-state index in [1.165, 1.54) is 43.1 Å². The van der Waals surface area contributed by atoms with E-state index in [4.69, 9.17) is 19.3 Å². The number of hydrogen-bond acceptors (Lipinski definition) is 10. The molecule has 3 aromatic carbocycles. The highest BCUT2D eigenvalue weighted by molar-refractivity contribution is 7.99. The number of aromatic nitrogens is 3. The van der Waals surface area contributed by atoms with E-state index >= 15 is 0 Å². The average Bonchev–Trinajstić information content (AvgIpc) is 3.91. The molecule has 252 valence electrons. The first-order valence-electron chi connectivity index (χ1n) is 15.4. The van der Waals surface area contributed by atoms with Gasteiger partial charge in [0, 0.05) is 23.7 Å². The van der Waals surface area contributed by atoms with Gasteiger partial charge in [-0.1, -0.05) is 30.0 Å². The zero-order valence-electron chi connectivity index (χ0n) is 27.0. The van der Waals surface area contributed by atoms with Crippen molar-refractivity contribution in [1.82, 2.24) is 25.1 Å². The van der Waals surface area contributed by atoms with E-state index in [2.05, 4.69) is 15.5 Å². The van der Waals surface area contributed by atoms with Gasteiger partial charge in [-0.3, -0.25) is 14.2 Å². The standard InChI is InChI=1S/C35H33FN6O5S2/c1-4-47-26-13-11-25(12-14-26)41-32(20-37-34(44)23-16-27(45-2)18-28(17-23)46-3)38-39-35(41)49-21-33(43)42-30(22-7-9-24(36)10-8-22)19-29(40-42)31-6-5-15-48-31/h5-18,30H,4,19-21H2,1-3H3,(H,37,44)/t30-/m1/s1. The van der Waals surface area contributed by atoms with Gasteiger partial charge < -0.3 is 19.5 Å². The fourth-order valence-electron chi connectivity index (χ4n) is 5.29. The Labute approximate surface area is 290 Å². The number of nitrogens with one attached hydrogen (secondary N) is 1. The van der Waals surface area contributed by atoms with Crippen molar-refractivity contribution in [3.05, 3.63) is 112 Å². The number of rotatable bonds is 13. The predicted molar refractivity (Wildman–Crippen MR) is 185 cm³/mol. The first-order valence-corrected chi connectivity index (χ1v) is 17.2. The summed E-state index contributed by atoms with van der Waals surface area (Å²) >= 11 is 2.76. The van der Waals surface area contributed by atoms with Crippen molar-refractivity contribution < 1.29 is 28.2 Å². The van der Waals surface area contributed by atoms with Crippen LogP contribution in [0.25, 0.3) is 5.69 Å². The number of hydrazone groups is 1. The zero-order valence-corrected chi connectivity index (χ0v) is 28.6. The lowest BCUT2D eigenvalue weighted by Crippen LogP contribution is -2.28. The van der Waals surface area contributed by atoms with E-state index in [-0.39, 0.29) is 36.0 Å². The van der Waals surface area contributed by atoms with Crippen LogP contribution in [-0.4, -0.2) is 63.9 Å². The molecular formula is C35H33FN6O5S2. The van der Waals surface area contributed by atoms with Crippen molar-refractivity contribution in [3.8, 4) is 22.9 Å². The Morgan fingerprint density at radius 1 is 0.980 bits per heavy atom. The first kappa shape index (κ1) is 33.7. The molecule has 0 unspecified atom stereocenters. The smallest absolute Gasteiger partial charge is 0.253 e. The molecule has 49 heavy (non-hydrogen) atoms. The van der Waals surface area contributed by atoms with Crippen LogP contribution in [0.5, 0.6) is 17.2 Å². The fraction of sp³-hybridized carbons (Fsp3) is 0.229. The number of methoxy groups -OCH3 is 2. The van der Waals surface area contributed by atoms with E-state index in [1.54, 1.807) is 46.2 Å². The summed E-state index contributed by atoms with van der Waals surface area (Å²) < 4.78 is 31.8. The maximum Gasteiger partial charge on any atom is 0.253 e. The zero-order chi connectivity index (χ0) is 34.3. The highest BCUT2D eigenvalue weighted by Gasteiger charge is 2.34. The molecule has 1 atom stereocenters. The molecule has 0 bridgehead atoms. The van der Waals surface area contributed by atoms with Crippen LogP contribution in [0.15, 0.2) is 94.5 Å². The molecule has 11 nitrogen and oxygen atoms in total. The number of hydrogen-bond donors (Lipinski definition) is 1. The second kappa shape index (κ2) is 15.3. The van der Waals surface area contributed by atoms with Crippen molar-refractivity contribution in [3.63, 3.8) is 0 Å². The van der Waals surface area contributed by atoms with Crippen LogP contribution in [0.1, 0.15) is 46.0 Å². The van der Waals surface area contributed by atoms with Gasteiger partial charge in [-0.15, -0.1) is 21.5 Å². The summed E-state index contributed by atoms with van der Waals surface area (Å²) in [4.78, 5) is 28.0. The number of ether oxygens (including phenoxy) is 3. The van der Waals surface area contributed by atoms with Gasteiger partial charge >= 0.3 is 0 Å². The molecule has 5 aromatic rings. The SMILES string of the molecule is CCOc1ccc(-n2c(CNC(=O)c3cc(OC)cc(OC)c3)nnc2SCC(=O)N2N=C(c3cccs3)C[C@@H]2c2ccc(F)cc2)cc1. The van der Waals surface area contributed by atoms with Gasteiger partial charge in [0.15, 0.2) is 11.0 Å². The molecule has 1 aliphatic rings. The molecule has 0 radical (unpaired) electrons. The maximum absolute atomic E-state index is 13.8. The number of benzene rings is 3. The van der Waals surface area contributed by atoms with Gasteiger partial charge in [0.1, 0.15) is 23.1 Å². The van der Waals surface area contributed by atoms with Crippen molar-refractivity contribution in [1.29, 1.82) is 0 Å². The van der Waals surface area contributed by atoms with E-state index < -0.39 is 0 Å². The van der Waals surface area contributed by atoms with E-state index in [9.17, 15) is 14.0 Å². The number of carbonyl (C=O) groups is 2. The molecule has 1 aliphatic heterocycles. The van der Waals surface area contributed by atoms with Crippen LogP contribution >= 0.6 is 23.1 Å². The fourth-order valence-corrected chi connectivity index (χ4v) is 6.84. The molecule has 14 heteroatoms. The normalized spacial score (nSPS) is 14.0. The number of thiophene rings is 1. The second-order valence-electron chi connectivity index (χ2n) is 10.8. The maximum atomic E-state index is 13.8. The molecule has 2 aromatic heterocycles. The molecule has 2 amide bonds. The van der Waals surface area contributed by atoms with E-state index in [1.807, 2.05) is 48.7 Å². The molecule has 0 saturated heterocycles. The number of nitrogens with zero attached hydrogens (tertiary/aromatic N) is 5. The molecule has 1 N–H and O–H groups in total. The minimum absolute atomic E-state index is 0.00401. The Balaban J connectivity index is 1.24. The molecule has 3 heterocycles. The molecular weight excluding hydrogens is 668 g/mol. The number of halogens is 1. The number of carbonyl (C=O) groups excluding carboxylic acids is 2. The summed E-state index contributed by atoms with van der Waals surface area (Å²) in [7, 11) is 3.03. The minimum Gasteiger partial charge on any atom is -0.497 e. The topological polar surface area (TPSA) is 120 Å². The van der Waals surface area contributed by atoms with Crippen LogP contribution in [0.2, 0.25) is 0 Å². The Bertz CT molecular complexity index is 1930. The highest BCUT2D eigenvalue weighted by Crippen LogP contribution is 2.35. The highest BCUT2D eigenvalue weighted by atomic mass is 32.2. The molecule has 0 saturated carbocycles. The van der Waals surface area contributed by atoms with Gasteiger partial charge in [-0.25, -0.2) is 9.40 Å². The molecule has 0 aliphatic carbocycles. The quantitative estimate of drug-likeness (QED) is 0.143. The third-order valence-corrected chi connectivity index (χ3v) is 9.51. The Morgan fingerprint density at radius 2 is 1.71 bits per heavy atom. The lowest BCUT2D eigenvalue weighted by Gasteiger charge is -2.22. The van der Waals surface area contributed by atoms with Crippen LogP contribution in [-0.2, 0) is 11.3 Å². The summed E-state index contributed by atoms with van der Waals surface area (Å²) in [6, 6.07) is 22.0. The average molecular weight is 701 g/mol. The Kier molecular flexibility index (Phi) is 10.5. The lowest BCUT2D eigenvalue weighted by molar-refractivity contribution is -0.130. The predicted octanol–water partition coefficient (Wildman–Crippen LogP) is 6.28. The number of thioether (sulfide) groups is 1. The van der Waals surface area contributed by atoms with Crippen molar-refractivity contribution in [2.24, 2.45) is 5.10 Å². The van der Waals surface area contributed by atoms with Gasteiger partial charge in [0.05, 0.1) is 49.8 Å². The van der Waals surface area contributed by atoms with Crippen LogP contribution in [0.4, 0.5) is 4.39 Å². The largest absolute Gasteiger partial charge is 0.497 e. The summed E-state index contributed by atoms with van der Waals surface area (Å²) in [5, 5.41) is 20.3. The van der Waals surface area contributed by atoms with E-state index in [0.29, 0.717) is 46.8 Å². The molecule has 6 rings (SSSR count). The second-order valence-corrected chi connectivity index (χ2v) is 12.7. The monoisotopic (exact) mass is 700 g/mol. The van der Waals surface area contributed by atoms with Crippen molar-refractivity contribution in [2.75, 3.05) is 26.6 Å². The minimum atomic E-state index is -0.379.